The summed E-state index contributed by atoms with van der Waals surface area (Å²) < 4.78 is 0. The van der Waals surface area contributed by atoms with E-state index in [4.69, 9.17) is 0 Å². The number of anilines is 1. The number of Topliss-reactive ketones (excluding diaryl/α,β-unsaturated/α-hetero) is 1. The quantitative estimate of drug-likeness (QED) is 0.802. The monoisotopic (exact) mass is 316 g/mol. The van der Waals surface area contributed by atoms with Crippen molar-refractivity contribution >= 4 is 23.3 Å². The summed E-state index contributed by atoms with van der Waals surface area (Å²) in [5.74, 6) is -0.215. The van der Waals surface area contributed by atoms with Gasteiger partial charge in [-0.3, -0.25) is 14.4 Å². The van der Waals surface area contributed by atoms with Crippen LogP contribution in [0.2, 0.25) is 0 Å². The summed E-state index contributed by atoms with van der Waals surface area (Å²) in [6, 6.07) is 6.80. The van der Waals surface area contributed by atoms with Crippen molar-refractivity contribution in [3.05, 3.63) is 29.8 Å². The lowest BCUT2D eigenvalue weighted by Crippen LogP contribution is -2.42. The topological polar surface area (TPSA) is 57.7 Å². The van der Waals surface area contributed by atoms with Gasteiger partial charge in [-0.2, -0.15) is 0 Å². The predicted octanol–water partition coefficient (Wildman–Crippen LogP) is 2.64. The van der Waals surface area contributed by atoms with E-state index in [1.54, 1.807) is 24.3 Å². The van der Waals surface area contributed by atoms with Gasteiger partial charge >= 0.3 is 0 Å². The highest BCUT2D eigenvalue weighted by Crippen LogP contribution is 2.17. The van der Waals surface area contributed by atoms with Crippen LogP contribution in [0.4, 0.5) is 5.69 Å². The molecule has 5 heteroatoms. The van der Waals surface area contributed by atoms with Gasteiger partial charge in [0.05, 0.1) is 0 Å². The van der Waals surface area contributed by atoms with Gasteiger partial charge in [0.15, 0.2) is 5.78 Å². The van der Waals surface area contributed by atoms with Crippen molar-refractivity contribution in [3.8, 4) is 0 Å². The normalized spacial score (nSPS) is 15.0. The first-order valence-electron chi connectivity index (χ1n) is 8.16. The first-order valence-corrected chi connectivity index (χ1v) is 8.16. The fourth-order valence-electron chi connectivity index (χ4n) is 2.82. The summed E-state index contributed by atoms with van der Waals surface area (Å²) in [7, 11) is 0. The molecule has 0 spiro atoms. The Labute approximate surface area is 137 Å². The van der Waals surface area contributed by atoms with Crippen molar-refractivity contribution in [1.29, 1.82) is 0 Å². The van der Waals surface area contributed by atoms with Gasteiger partial charge in [-0.15, -0.1) is 0 Å². The number of likely N-dealkylation sites (tertiary alicyclic amines) is 1. The highest BCUT2D eigenvalue weighted by molar-refractivity contribution is 5.98. The largest absolute Gasteiger partial charge is 0.341 e. The van der Waals surface area contributed by atoms with Crippen molar-refractivity contribution in [3.63, 3.8) is 0 Å². The minimum absolute atomic E-state index is 0.0160. The zero-order valence-electron chi connectivity index (χ0n) is 13.9. The molecular formula is C18H24N2O3. The molecule has 1 aliphatic heterocycles. The Bertz CT molecular complexity index is 572. The standard InChI is InChI=1S/C18H24N2O3/c1-14(21)16-7-9-17(10-8-16)20(15(2)22)13-18(23)19-11-5-3-4-6-12-19/h7-10H,3-6,11-13H2,1-2H3. The minimum Gasteiger partial charge on any atom is -0.341 e. The Morgan fingerprint density at radius 1 is 0.957 bits per heavy atom. The lowest BCUT2D eigenvalue weighted by molar-refractivity contribution is -0.131. The van der Waals surface area contributed by atoms with E-state index in [1.165, 1.54) is 18.7 Å². The molecule has 1 aromatic carbocycles. The number of benzene rings is 1. The average molecular weight is 316 g/mol. The summed E-state index contributed by atoms with van der Waals surface area (Å²) in [5.41, 5.74) is 1.24. The average Bonchev–Trinajstić information content (AvgIpc) is 2.81. The van der Waals surface area contributed by atoms with Gasteiger partial charge in [0.25, 0.3) is 0 Å². The smallest absolute Gasteiger partial charge is 0.242 e. The molecule has 23 heavy (non-hydrogen) atoms. The third-order valence-electron chi connectivity index (χ3n) is 4.22. The number of ketones is 1. The second kappa shape index (κ2) is 7.90. The summed E-state index contributed by atoms with van der Waals surface area (Å²) >= 11 is 0. The Balaban J connectivity index is 2.10. The lowest BCUT2D eigenvalue weighted by Gasteiger charge is -2.26. The fourth-order valence-corrected chi connectivity index (χ4v) is 2.82. The number of amides is 2. The number of hydrogen-bond acceptors (Lipinski definition) is 3. The van der Waals surface area contributed by atoms with Crippen molar-refractivity contribution in [2.75, 3.05) is 24.5 Å². The third-order valence-corrected chi connectivity index (χ3v) is 4.22. The maximum absolute atomic E-state index is 12.5. The van der Waals surface area contributed by atoms with Crippen molar-refractivity contribution in [2.45, 2.75) is 39.5 Å². The van der Waals surface area contributed by atoms with Gasteiger partial charge in [0.1, 0.15) is 6.54 Å². The van der Waals surface area contributed by atoms with E-state index in [2.05, 4.69) is 0 Å². The molecule has 0 saturated carbocycles. The van der Waals surface area contributed by atoms with Crippen molar-refractivity contribution in [1.82, 2.24) is 4.90 Å². The van der Waals surface area contributed by atoms with Crippen LogP contribution in [0.3, 0.4) is 0 Å². The zero-order valence-corrected chi connectivity index (χ0v) is 13.9. The molecule has 2 rings (SSSR count). The minimum atomic E-state index is -0.177. The van der Waals surface area contributed by atoms with E-state index in [9.17, 15) is 14.4 Å². The van der Waals surface area contributed by atoms with Gasteiger partial charge in [-0.25, -0.2) is 0 Å². The van der Waals surface area contributed by atoms with Crippen molar-refractivity contribution < 1.29 is 14.4 Å². The summed E-state index contributed by atoms with van der Waals surface area (Å²) in [6.45, 7) is 4.55. The fraction of sp³-hybridized carbons (Fsp3) is 0.500. The molecule has 0 atom stereocenters. The Hall–Kier alpha value is -2.17. The molecule has 1 heterocycles. The van der Waals surface area contributed by atoms with Gasteiger partial charge in [0, 0.05) is 31.3 Å². The molecule has 1 aromatic rings. The Morgan fingerprint density at radius 2 is 1.52 bits per heavy atom. The maximum atomic E-state index is 12.5. The molecule has 0 N–H and O–H groups in total. The Morgan fingerprint density at radius 3 is 2.00 bits per heavy atom. The van der Waals surface area contributed by atoms with Crippen LogP contribution >= 0.6 is 0 Å². The molecule has 5 nitrogen and oxygen atoms in total. The molecule has 1 fully saturated rings. The predicted molar refractivity (Wildman–Crippen MR) is 89.5 cm³/mol. The maximum Gasteiger partial charge on any atom is 0.242 e. The van der Waals surface area contributed by atoms with E-state index in [-0.39, 0.29) is 24.1 Å². The SMILES string of the molecule is CC(=O)c1ccc(N(CC(=O)N2CCCCCC2)C(C)=O)cc1. The molecule has 0 bridgehead atoms. The lowest BCUT2D eigenvalue weighted by atomic mass is 10.1. The molecular weight excluding hydrogens is 292 g/mol. The third kappa shape index (κ3) is 4.65. The molecule has 0 aromatic heterocycles. The van der Waals surface area contributed by atoms with E-state index in [0.29, 0.717) is 11.3 Å². The summed E-state index contributed by atoms with van der Waals surface area (Å²) in [5, 5.41) is 0. The number of nitrogens with zero attached hydrogens (tertiary/aromatic N) is 2. The van der Waals surface area contributed by atoms with E-state index in [0.717, 1.165) is 38.8 Å². The molecule has 2 amide bonds. The first-order chi connectivity index (χ1) is 11.0. The van der Waals surface area contributed by atoms with Crippen LogP contribution in [0.5, 0.6) is 0 Å². The highest BCUT2D eigenvalue weighted by atomic mass is 16.2. The molecule has 1 aliphatic rings. The summed E-state index contributed by atoms with van der Waals surface area (Å²) in [6.07, 6.45) is 4.37. The van der Waals surface area contributed by atoms with Crippen LogP contribution in [0.1, 0.15) is 49.9 Å². The van der Waals surface area contributed by atoms with E-state index in [1.807, 2.05) is 4.90 Å². The number of carbonyl (C=O) groups excluding carboxylic acids is 3. The number of hydrogen-bond donors (Lipinski definition) is 0. The van der Waals surface area contributed by atoms with E-state index >= 15 is 0 Å². The van der Waals surface area contributed by atoms with Gasteiger partial charge in [0.2, 0.25) is 11.8 Å². The molecule has 0 radical (unpaired) electrons. The molecule has 0 aliphatic carbocycles. The molecule has 124 valence electrons. The van der Waals surface area contributed by atoms with Crippen LogP contribution in [-0.2, 0) is 9.59 Å². The van der Waals surface area contributed by atoms with Crippen LogP contribution in [-0.4, -0.2) is 42.1 Å². The summed E-state index contributed by atoms with van der Waals surface area (Å²) in [4.78, 5) is 39.1. The Kier molecular flexibility index (Phi) is 5.90. The van der Waals surface area contributed by atoms with Gasteiger partial charge < -0.3 is 9.80 Å². The second-order valence-corrected chi connectivity index (χ2v) is 6.00. The first kappa shape index (κ1) is 17.2. The highest BCUT2D eigenvalue weighted by Gasteiger charge is 2.21. The van der Waals surface area contributed by atoms with Crippen LogP contribution in [0.25, 0.3) is 0 Å². The van der Waals surface area contributed by atoms with Gasteiger partial charge in [-0.1, -0.05) is 12.8 Å². The number of carbonyl (C=O) groups is 3. The van der Waals surface area contributed by atoms with Crippen molar-refractivity contribution in [2.24, 2.45) is 0 Å². The van der Waals surface area contributed by atoms with Gasteiger partial charge in [-0.05, 0) is 44.0 Å². The second-order valence-electron chi connectivity index (χ2n) is 6.00. The van der Waals surface area contributed by atoms with Crippen LogP contribution in [0.15, 0.2) is 24.3 Å². The molecule has 1 saturated heterocycles. The zero-order chi connectivity index (χ0) is 16.8. The van der Waals surface area contributed by atoms with Crippen LogP contribution < -0.4 is 4.90 Å². The number of rotatable bonds is 4. The van der Waals surface area contributed by atoms with E-state index < -0.39 is 0 Å². The molecule has 0 unspecified atom stereocenters. The van der Waals surface area contributed by atoms with Crippen LogP contribution in [0, 0.1) is 0 Å².